The minimum Gasteiger partial charge on any atom is -0.311 e. The summed E-state index contributed by atoms with van der Waals surface area (Å²) < 4.78 is 0. The van der Waals surface area contributed by atoms with E-state index in [1.807, 2.05) is 0 Å². The second kappa shape index (κ2) is 17.4. The van der Waals surface area contributed by atoms with Crippen LogP contribution in [0.15, 0.2) is 164 Å². The molecular formula is C58H58BNSi2. The summed E-state index contributed by atoms with van der Waals surface area (Å²) in [5, 5.41) is 8.82. The molecule has 0 unspecified atom stereocenters. The van der Waals surface area contributed by atoms with Crippen molar-refractivity contribution in [1.29, 1.82) is 0 Å². The number of rotatable bonds is 7. The molecule has 0 N–H and O–H groups in total. The lowest BCUT2D eigenvalue weighted by Gasteiger charge is -2.45. The third-order valence-corrected chi connectivity index (χ3v) is 21.8. The van der Waals surface area contributed by atoms with Gasteiger partial charge in [0, 0.05) is 17.1 Å². The zero-order valence-electron chi connectivity index (χ0n) is 37.9. The zero-order chi connectivity index (χ0) is 43.8. The molecule has 1 nitrogen and oxygen atoms in total. The molecule has 62 heavy (non-hydrogen) atoms. The Kier molecular flexibility index (Phi) is 12.0. The van der Waals surface area contributed by atoms with Crippen LogP contribution in [0.25, 0.3) is 0 Å². The van der Waals surface area contributed by atoms with Crippen molar-refractivity contribution in [3.63, 3.8) is 0 Å². The van der Waals surface area contributed by atoms with Crippen LogP contribution in [-0.4, -0.2) is 22.9 Å². The minimum absolute atomic E-state index is 0.180. The normalized spacial score (nSPS) is 14.0. The lowest BCUT2D eigenvalue weighted by Crippen LogP contribution is -2.77. The molecule has 0 atom stereocenters. The summed E-state index contributed by atoms with van der Waals surface area (Å²) in [6, 6.07) is 63.4. The van der Waals surface area contributed by atoms with Gasteiger partial charge in [0.1, 0.15) is 8.07 Å². The Morgan fingerprint density at radius 2 is 0.984 bits per heavy atom. The molecule has 0 saturated carbocycles. The molecule has 0 radical (unpaired) electrons. The molecule has 2 aliphatic rings. The first kappa shape index (κ1) is 42.6. The SMILES string of the molecule is C#CC#CC.CC(C)c1cc(C(C)C)c(B2c3ccccc3[Si](C)(C)c3cc(N4c5ccccc5[Si](c5ccccc5)(c5ccccc5)c5ccccc54)ccc32)c(C(C)C)c1. The van der Waals surface area contributed by atoms with Gasteiger partial charge in [-0.05, 0) is 98.2 Å². The highest BCUT2D eigenvalue weighted by atomic mass is 28.3. The largest absolute Gasteiger partial charge is 0.311 e. The third kappa shape index (κ3) is 7.10. The Bertz CT molecular complexity index is 2740. The van der Waals surface area contributed by atoms with Gasteiger partial charge < -0.3 is 4.90 Å². The molecule has 2 heterocycles. The molecule has 306 valence electrons. The van der Waals surface area contributed by atoms with E-state index in [4.69, 9.17) is 6.42 Å². The van der Waals surface area contributed by atoms with Gasteiger partial charge in [0.15, 0.2) is 8.07 Å². The predicted octanol–water partition coefficient (Wildman–Crippen LogP) is 8.51. The molecule has 0 saturated heterocycles. The maximum atomic E-state index is 4.72. The molecule has 7 aromatic carbocycles. The van der Waals surface area contributed by atoms with Crippen molar-refractivity contribution < 1.29 is 0 Å². The van der Waals surface area contributed by atoms with Crippen molar-refractivity contribution in [3.05, 3.63) is 180 Å². The summed E-state index contributed by atoms with van der Waals surface area (Å²) >= 11 is 0. The smallest absolute Gasteiger partial charge is 0.241 e. The summed E-state index contributed by atoms with van der Waals surface area (Å²) in [4.78, 5) is 2.60. The Labute approximate surface area is 374 Å². The van der Waals surface area contributed by atoms with Crippen LogP contribution < -0.4 is 52.4 Å². The highest BCUT2D eigenvalue weighted by molar-refractivity contribution is 7.21. The van der Waals surface area contributed by atoms with Crippen LogP contribution in [0.5, 0.6) is 0 Å². The highest BCUT2D eigenvalue weighted by Crippen LogP contribution is 2.38. The maximum absolute atomic E-state index is 4.72. The van der Waals surface area contributed by atoms with Crippen LogP contribution in [0.1, 0.15) is 82.9 Å². The zero-order valence-corrected chi connectivity index (χ0v) is 39.9. The minimum atomic E-state index is -2.69. The second-order valence-corrected chi connectivity index (χ2v) is 26.4. The molecule has 2 aliphatic heterocycles. The van der Waals surface area contributed by atoms with Crippen molar-refractivity contribution in [1.82, 2.24) is 0 Å². The number of terminal acetylenes is 1. The lowest BCUT2D eigenvalue weighted by molar-refractivity contribution is 0.812. The second-order valence-electron chi connectivity index (χ2n) is 18.4. The van der Waals surface area contributed by atoms with Crippen molar-refractivity contribution in [3.8, 4) is 24.2 Å². The summed E-state index contributed by atoms with van der Waals surface area (Å²) in [5.74, 6) is 8.39. The van der Waals surface area contributed by atoms with E-state index in [0.717, 1.165) is 0 Å². The third-order valence-electron chi connectivity index (χ3n) is 13.4. The van der Waals surface area contributed by atoms with Crippen molar-refractivity contribution in [2.45, 2.75) is 79.3 Å². The molecule has 7 aromatic rings. The average Bonchev–Trinajstić information content (AvgIpc) is 3.29. The molecule has 0 fully saturated rings. The Hall–Kier alpha value is -6.04. The van der Waals surface area contributed by atoms with Crippen LogP contribution in [0.3, 0.4) is 0 Å². The standard InChI is InChI=1S/C53H54BNSi2.C5H4/c1-36(2)39-33-43(37(3)4)53(44(34-39)38(5)6)54-45-25-15-18-28-49(45)56(7,8)52-35-40(31-32-46(52)54)55-47-26-16-19-29-50(47)57(41-21-11-9-12-22-41,42-23-13-10-14-24-42)51-30-20-17-27-48(51)55;1-3-5-4-2/h9-38H,1-8H3;1H,2H3. The van der Waals surface area contributed by atoms with E-state index >= 15 is 0 Å². The fraction of sp³-hybridized carbons (Fsp3) is 0.207. The van der Waals surface area contributed by atoms with Gasteiger partial charge in [-0.15, -0.1) is 6.42 Å². The van der Waals surface area contributed by atoms with Gasteiger partial charge in [0.2, 0.25) is 6.71 Å². The Balaban J connectivity index is 0.00000100. The van der Waals surface area contributed by atoms with E-state index in [2.05, 4.69) is 241 Å². The lowest BCUT2D eigenvalue weighted by atomic mass is 9.34. The first-order chi connectivity index (χ1) is 30.0. The molecule has 0 aliphatic carbocycles. The fourth-order valence-electron chi connectivity index (χ4n) is 10.5. The quantitative estimate of drug-likeness (QED) is 0.115. The average molecular weight is 836 g/mol. The maximum Gasteiger partial charge on any atom is 0.241 e. The molecular weight excluding hydrogens is 778 g/mol. The number of nitrogens with zero attached hydrogens (tertiary/aromatic N) is 1. The van der Waals surface area contributed by atoms with Crippen molar-refractivity contribution in [2.75, 3.05) is 4.90 Å². The Morgan fingerprint density at radius 3 is 1.45 bits per heavy atom. The van der Waals surface area contributed by atoms with Gasteiger partial charge in [-0.25, -0.2) is 0 Å². The molecule has 0 aromatic heterocycles. The highest BCUT2D eigenvalue weighted by Gasteiger charge is 2.49. The first-order valence-corrected chi connectivity index (χ1v) is 27.4. The molecule has 0 amide bonds. The molecule has 4 heteroatoms. The predicted molar refractivity (Wildman–Crippen MR) is 277 cm³/mol. The number of anilines is 3. The van der Waals surface area contributed by atoms with Crippen molar-refractivity contribution in [2.24, 2.45) is 0 Å². The van der Waals surface area contributed by atoms with Gasteiger partial charge >= 0.3 is 0 Å². The van der Waals surface area contributed by atoms with Crippen LogP contribution >= 0.6 is 0 Å². The van der Waals surface area contributed by atoms with Crippen LogP contribution in [0.4, 0.5) is 17.1 Å². The number of hydrogen-bond donors (Lipinski definition) is 0. The number of hydrogen-bond acceptors (Lipinski definition) is 1. The van der Waals surface area contributed by atoms with E-state index in [9.17, 15) is 0 Å². The summed E-state index contributed by atoms with van der Waals surface area (Å²) in [6.07, 6.45) is 4.72. The number of fused-ring (bicyclic) bond motifs is 4. The monoisotopic (exact) mass is 835 g/mol. The van der Waals surface area contributed by atoms with E-state index in [1.54, 1.807) is 17.3 Å². The summed E-state index contributed by atoms with van der Waals surface area (Å²) in [6.45, 7) is 21.3. The molecule has 9 rings (SSSR count). The Morgan fingerprint density at radius 1 is 0.516 bits per heavy atom. The number of para-hydroxylation sites is 2. The van der Waals surface area contributed by atoms with Crippen LogP contribution in [0, 0.1) is 24.2 Å². The molecule has 0 spiro atoms. The van der Waals surface area contributed by atoms with E-state index in [1.165, 1.54) is 70.9 Å². The van der Waals surface area contributed by atoms with E-state index in [-0.39, 0.29) is 6.71 Å². The topological polar surface area (TPSA) is 3.24 Å². The molecule has 0 bridgehead atoms. The van der Waals surface area contributed by atoms with Gasteiger partial charge in [-0.2, -0.15) is 0 Å². The fourth-order valence-corrected chi connectivity index (χ4v) is 18.8. The first-order valence-electron chi connectivity index (χ1n) is 22.4. The number of benzene rings is 7. The summed E-state index contributed by atoms with van der Waals surface area (Å²) in [7, 11) is -4.84. The van der Waals surface area contributed by atoms with Gasteiger partial charge in [-0.3, -0.25) is 0 Å². The van der Waals surface area contributed by atoms with Gasteiger partial charge in [0.25, 0.3) is 0 Å². The summed E-state index contributed by atoms with van der Waals surface area (Å²) in [5.41, 5.74) is 12.8. The van der Waals surface area contributed by atoms with Gasteiger partial charge in [-0.1, -0.05) is 227 Å². The van der Waals surface area contributed by atoms with Gasteiger partial charge in [0.05, 0.1) is 0 Å². The van der Waals surface area contributed by atoms with Crippen LogP contribution in [-0.2, 0) is 0 Å². The van der Waals surface area contributed by atoms with E-state index in [0.29, 0.717) is 17.8 Å². The van der Waals surface area contributed by atoms with Crippen molar-refractivity contribution >= 4 is 87.4 Å². The van der Waals surface area contributed by atoms with E-state index < -0.39 is 16.1 Å². The van der Waals surface area contributed by atoms with Crippen LogP contribution in [0.2, 0.25) is 13.1 Å².